The molecule has 1 fully saturated rings. The van der Waals surface area contributed by atoms with Crippen LogP contribution < -0.4 is 0 Å². The molecule has 2 heterocycles. The van der Waals surface area contributed by atoms with Crippen LogP contribution in [0, 0.1) is 0 Å². The second-order valence-corrected chi connectivity index (χ2v) is 6.49. The fraction of sp³-hybridized carbons (Fsp3) is 0.118. The minimum absolute atomic E-state index is 0.0890. The van der Waals surface area contributed by atoms with Crippen LogP contribution in [0.3, 0.4) is 0 Å². The summed E-state index contributed by atoms with van der Waals surface area (Å²) < 4.78 is 5.46. The van der Waals surface area contributed by atoms with Gasteiger partial charge in [-0.15, -0.1) is 0 Å². The predicted molar refractivity (Wildman–Crippen MR) is 90.9 cm³/mol. The molecule has 0 spiro atoms. The van der Waals surface area contributed by atoms with Gasteiger partial charge in [-0.05, 0) is 35.9 Å². The van der Waals surface area contributed by atoms with E-state index in [9.17, 15) is 0 Å². The third-order valence-electron chi connectivity index (χ3n) is 3.68. The van der Waals surface area contributed by atoms with Gasteiger partial charge in [0.2, 0.25) is 0 Å². The first-order chi connectivity index (χ1) is 10.6. The second kappa shape index (κ2) is 5.39. The number of epoxide rings is 1. The van der Waals surface area contributed by atoms with Crippen LogP contribution in [0.1, 0.15) is 11.7 Å². The van der Waals surface area contributed by atoms with Crippen LogP contribution in [0.15, 0.2) is 42.5 Å². The summed E-state index contributed by atoms with van der Waals surface area (Å²) in [4.78, 5) is 4.70. The number of nitrogens with zero attached hydrogens (tertiary/aromatic N) is 1. The SMILES string of the molecule is Clc1ccc(-c2cc([C@@H]3CO3)c3cc(Cl)cc(Cl)c3n2)cc1. The molecule has 3 aromatic rings. The molecule has 1 aliphatic heterocycles. The van der Waals surface area contributed by atoms with E-state index in [0.29, 0.717) is 21.7 Å². The van der Waals surface area contributed by atoms with Gasteiger partial charge < -0.3 is 4.74 Å². The molecular formula is C17H10Cl3NO. The first-order valence-corrected chi connectivity index (χ1v) is 7.92. The third-order valence-corrected chi connectivity index (χ3v) is 4.44. The minimum atomic E-state index is 0.0890. The average molecular weight is 351 g/mol. The largest absolute Gasteiger partial charge is 0.368 e. The number of benzene rings is 2. The van der Waals surface area contributed by atoms with Crippen LogP contribution in [0.4, 0.5) is 0 Å². The smallest absolute Gasteiger partial charge is 0.107 e. The maximum Gasteiger partial charge on any atom is 0.107 e. The molecule has 5 heteroatoms. The number of pyridine rings is 1. The van der Waals surface area contributed by atoms with E-state index >= 15 is 0 Å². The Morgan fingerprint density at radius 1 is 0.955 bits per heavy atom. The molecule has 1 aromatic heterocycles. The molecule has 1 saturated heterocycles. The van der Waals surface area contributed by atoms with E-state index in [1.54, 1.807) is 6.07 Å². The van der Waals surface area contributed by atoms with Crippen molar-refractivity contribution in [3.63, 3.8) is 0 Å². The molecule has 0 unspecified atom stereocenters. The van der Waals surface area contributed by atoms with E-state index in [0.717, 1.165) is 27.7 Å². The van der Waals surface area contributed by atoms with Gasteiger partial charge in [-0.2, -0.15) is 0 Å². The number of rotatable bonds is 2. The van der Waals surface area contributed by atoms with Gasteiger partial charge >= 0.3 is 0 Å². The van der Waals surface area contributed by atoms with Gasteiger partial charge in [0.05, 0.1) is 22.8 Å². The molecular weight excluding hydrogens is 341 g/mol. The average Bonchev–Trinajstić information content (AvgIpc) is 3.32. The molecule has 0 radical (unpaired) electrons. The van der Waals surface area contributed by atoms with Crippen LogP contribution in [0.2, 0.25) is 15.1 Å². The molecule has 2 nitrogen and oxygen atoms in total. The number of hydrogen-bond acceptors (Lipinski definition) is 2. The van der Waals surface area contributed by atoms with E-state index in [1.807, 2.05) is 36.4 Å². The van der Waals surface area contributed by atoms with Crippen molar-refractivity contribution >= 4 is 45.7 Å². The second-order valence-electron chi connectivity index (χ2n) is 5.21. The number of hydrogen-bond donors (Lipinski definition) is 0. The molecule has 0 amide bonds. The topological polar surface area (TPSA) is 25.4 Å². The van der Waals surface area contributed by atoms with Crippen LogP contribution in [-0.4, -0.2) is 11.6 Å². The molecule has 22 heavy (non-hydrogen) atoms. The Kier molecular flexibility index (Phi) is 3.50. The Labute approximate surface area is 142 Å². The molecule has 0 bridgehead atoms. The summed E-state index contributed by atoms with van der Waals surface area (Å²) in [5.41, 5.74) is 3.64. The van der Waals surface area contributed by atoms with Gasteiger partial charge in [-0.3, -0.25) is 0 Å². The standard InChI is InChI=1S/C17H10Cl3NO/c18-10-3-1-9(2-4-10)15-7-12(16-8-22-16)13-5-11(19)6-14(20)17(13)21-15/h1-7,16H,8H2/t16-/m0/s1. The van der Waals surface area contributed by atoms with Crippen LogP contribution >= 0.6 is 34.8 Å². The zero-order chi connectivity index (χ0) is 15.3. The minimum Gasteiger partial charge on any atom is -0.368 e. The Morgan fingerprint density at radius 2 is 1.68 bits per heavy atom. The first kappa shape index (κ1) is 14.3. The highest BCUT2D eigenvalue weighted by atomic mass is 35.5. The lowest BCUT2D eigenvalue weighted by Gasteiger charge is -2.10. The number of aromatic nitrogens is 1. The number of ether oxygens (including phenoxy) is 1. The zero-order valence-electron chi connectivity index (χ0n) is 11.3. The van der Waals surface area contributed by atoms with Gasteiger partial charge in [-0.1, -0.05) is 46.9 Å². The molecule has 0 aliphatic carbocycles. The monoisotopic (exact) mass is 349 g/mol. The maximum atomic E-state index is 6.34. The van der Waals surface area contributed by atoms with Crippen molar-refractivity contribution in [2.24, 2.45) is 0 Å². The van der Waals surface area contributed by atoms with Gasteiger partial charge in [0.15, 0.2) is 0 Å². The Bertz CT molecular complexity index is 873. The number of halogens is 3. The van der Waals surface area contributed by atoms with Gasteiger partial charge in [0, 0.05) is 21.0 Å². The van der Waals surface area contributed by atoms with Crippen molar-refractivity contribution < 1.29 is 4.74 Å². The van der Waals surface area contributed by atoms with E-state index in [2.05, 4.69) is 0 Å². The lowest BCUT2D eigenvalue weighted by atomic mass is 10.0. The van der Waals surface area contributed by atoms with Crippen molar-refractivity contribution in [1.29, 1.82) is 0 Å². The highest BCUT2D eigenvalue weighted by Crippen LogP contribution is 2.39. The van der Waals surface area contributed by atoms with E-state index in [-0.39, 0.29) is 6.10 Å². The molecule has 2 aromatic carbocycles. The molecule has 1 aliphatic rings. The van der Waals surface area contributed by atoms with Crippen molar-refractivity contribution in [1.82, 2.24) is 4.98 Å². The van der Waals surface area contributed by atoms with Gasteiger partial charge in [0.1, 0.15) is 6.10 Å². The molecule has 1 atom stereocenters. The van der Waals surface area contributed by atoms with Crippen LogP contribution in [0.5, 0.6) is 0 Å². The quantitative estimate of drug-likeness (QED) is 0.535. The highest BCUT2D eigenvalue weighted by Gasteiger charge is 2.28. The first-order valence-electron chi connectivity index (χ1n) is 6.79. The Balaban J connectivity index is 1.99. The van der Waals surface area contributed by atoms with E-state index in [1.165, 1.54) is 0 Å². The Hall–Kier alpha value is -1.32. The van der Waals surface area contributed by atoms with Crippen molar-refractivity contribution in [2.75, 3.05) is 6.61 Å². The van der Waals surface area contributed by atoms with Crippen molar-refractivity contribution in [2.45, 2.75) is 6.10 Å². The van der Waals surface area contributed by atoms with Crippen molar-refractivity contribution in [3.8, 4) is 11.3 Å². The van der Waals surface area contributed by atoms with Gasteiger partial charge in [-0.25, -0.2) is 4.98 Å². The lowest BCUT2D eigenvalue weighted by molar-refractivity contribution is 0.417. The summed E-state index contributed by atoms with van der Waals surface area (Å²) in [6.45, 7) is 0.712. The molecule has 110 valence electrons. The van der Waals surface area contributed by atoms with Crippen LogP contribution in [0.25, 0.3) is 22.2 Å². The summed E-state index contributed by atoms with van der Waals surface area (Å²) >= 11 is 18.4. The van der Waals surface area contributed by atoms with E-state index < -0.39 is 0 Å². The highest BCUT2D eigenvalue weighted by molar-refractivity contribution is 6.38. The maximum absolute atomic E-state index is 6.34. The fourth-order valence-electron chi connectivity index (χ4n) is 2.54. The lowest BCUT2D eigenvalue weighted by Crippen LogP contribution is -1.93. The molecule has 0 N–H and O–H groups in total. The normalized spacial score (nSPS) is 17.0. The predicted octanol–water partition coefficient (Wildman–Crippen LogP) is 5.93. The molecule has 4 rings (SSSR count). The fourth-order valence-corrected chi connectivity index (χ4v) is 3.20. The zero-order valence-corrected chi connectivity index (χ0v) is 13.6. The summed E-state index contributed by atoms with van der Waals surface area (Å²) in [7, 11) is 0. The summed E-state index contributed by atoms with van der Waals surface area (Å²) in [6, 6.07) is 13.2. The van der Waals surface area contributed by atoms with E-state index in [4.69, 9.17) is 44.5 Å². The summed E-state index contributed by atoms with van der Waals surface area (Å²) in [5, 5.41) is 2.78. The van der Waals surface area contributed by atoms with Crippen molar-refractivity contribution in [3.05, 3.63) is 63.1 Å². The number of fused-ring (bicyclic) bond motifs is 1. The summed E-state index contributed by atoms with van der Waals surface area (Å²) in [6.07, 6.45) is 0.0890. The van der Waals surface area contributed by atoms with Crippen LogP contribution in [-0.2, 0) is 4.74 Å². The Morgan fingerprint density at radius 3 is 2.36 bits per heavy atom. The van der Waals surface area contributed by atoms with Gasteiger partial charge in [0.25, 0.3) is 0 Å². The third kappa shape index (κ3) is 2.57. The summed E-state index contributed by atoms with van der Waals surface area (Å²) in [5.74, 6) is 0. The molecule has 0 saturated carbocycles.